The van der Waals surface area contributed by atoms with Crippen molar-refractivity contribution in [2.24, 2.45) is 5.92 Å². The molecule has 6 nitrogen and oxygen atoms in total. The molecule has 0 spiro atoms. The molecule has 3 aromatic rings. The van der Waals surface area contributed by atoms with E-state index in [4.69, 9.17) is 4.74 Å². The number of fused-ring (bicyclic) bond motifs is 6. The molecule has 39 heavy (non-hydrogen) atoms. The fourth-order valence-corrected chi connectivity index (χ4v) is 6.90. The highest BCUT2D eigenvalue weighted by Gasteiger charge is 2.46. The van der Waals surface area contributed by atoms with Crippen molar-refractivity contribution in [3.8, 4) is 22.6 Å². The highest BCUT2D eigenvalue weighted by molar-refractivity contribution is 5.98. The maximum Gasteiger partial charge on any atom is 0.586 e. The first-order valence-corrected chi connectivity index (χ1v) is 13.5. The third kappa shape index (κ3) is 4.13. The van der Waals surface area contributed by atoms with Gasteiger partial charge in [-0.15, -0.1) is 8.78 Å². The Labute approximate surface area is 224 Å². The molecule has 2 fully saturated rings. The number of nitrogens with zero attached hydrogens (tertiary/aromatic N) is 1. The fraction of sp³-hybridized carbons (Fsp3) is 0.355. The van der Waals surface area contributed by atoms with E-state index >= 15 is 0 Å². The number of benzene rings is 3. The van der Waals surface area contributed by atoms with Gasteiger partial charge in [-0.2, -0.15) is 0 Å². The first kappa shape index (κ1) is 24.1. The van der Waals surface area contributed by atoms with Crippen molar-refractivity contribution in [3.63, 3.8) is 0 Å². The lowest BCUT2D eigenvalue weighted by Gasteiger charge is -2.47. The molecule has 3 aromatic carbocycles. The van der Waals surface area contributed by atoms with Gasteiger partial charge >= 0.3 is 12.4 Å². The summed E-state index contributed by atoms with van der Waals surface area (Å²) >= 11 is 0. The summed E-state index contributed by atoms with van der Waals surface area (Å²) < 4.78 is 41.8. The Kier molecular flexibility index (Phi) is 5.61. The van der Waals surface area contributed by atoms with Crippen molar-refractivity contribution >= 4 is 11.9 Å². The summed E-state index contributed by atoms with van der Waals surface area (Å²) in [7, 11) is 0. The second-order valence-electron chi connectivity index (χ2n) is 10.8. The summed E-state index contributed by atoms with van der Waals surface area (Å²) in [4.78, 5) is 28.7. The maximum atomic E-state index is 13.4. The highest BCUT2D eigenvalue weighted by Crippen LogP contribution is 2.46. The number of alkyl halides is 2. The first-order chi connectivity index (χ1) is 18.9. The first-order valence-electron chi connectivity index (χ1n) is 13.5. The van der Waals surface area contributed by atoms with E-state index in [1.165, 1.54) is 29.3 Å². The second-order valence-corrected chi connectivity index (χ2v) is 10.8. The minimum Gasteiger partial charge on any atom is -0.448 e. The van der Waals surface area contributed by atoms with Gasteiger partial charge in [0.25, 0.3) is 0 Å². The predicted molar refractivity (Wildman–Crippen MR) is 138 cm³/mol. The lowest BCUT2D eigenvalue weighted by Crippen LogP contribution is -2.55. The molecule has 0 saturated carbocycles. The number of carbonyl (C=O) groups excluding carboxylic acids is 2. The molecule has 2 saturated heterocycles. The Hall–Kier alpha value is -3.94. The van der Waals surface area contributed by atoms with Crippen LogP contribution in [0.5, 0.6) is 11.5 Å². The van der Waals surface area contributed by atoms with Crippen LogP contribution in [-0.4, -0.2) is 41.8 Å². The highest BCUT2D eigenvalue weighted by atomic mass is 19.3. The van der Waals surface area contributed by atoms with Gasteiger partial charge in [0.2, 0.25) is 0 Å². The van der Waals surface area contributed by atoms with Gasteiger partial charge < -0.3 is 19.1 Å². The van der Waals surface area contributed by atoms with E-state index in [1.807, 2.05) is 29.2 Å². The van der Waals surface area contributed by atoms with Crippen LogP contribution in [0.4, 0.5) is 13.6 Å². The fourth-order valence-electron chi connectivity index (χ4n) is 6.90. The van der Waals surface area contributed by atoms with E-state index in [-0.39, 0.29) is 53.9 Å². The molecule has 3 aliphatic heterocycles. The number of halogens is 2. The number of hydrogen-bond acceptors (Lipinski definition) is 5. The SMILES string of the molecule is O=C(c1ccc2c(c1)OC(F)(F)O2)C1CC2CCCC(C1)N2C(=O)OCC1c2ccccc2-c2ccccc21. The number of amides is 1. The van der Waals surface area contributed by atoms with E-state index in [1.54, 1.807) is 0 Å². The van der Waals surface area contributed by atoms with Crippen molar-refractivity contribution in [2.45, 2.75) is 56.4 Å². The number of hydrogen-bond donors (Lipinski definition) is 0. The normalized spacial score (nSPS) is 24.2. The van der Waals surface area contributed by atoms with Gasteiger partial charge in [0.05, 0.1) is 0 Å². The van der Waals surface area contributed by atoms with Crippen LogP contribution in [0.25, 0.3) is 11.1 Å². The molecule has 0 aromatic heterocycles. The Morgan fingerprint density at radius 3 is 2.15 bits per heavy atom. The lowest BCUT2D eigenvalue weighted by molar-refractivity contribution is -0.286. The second kappa shape index (κ2) is 9.07. The van der Waals surface area contributed by atoms with E-state index in [9.17, 15) is 18.4 Å². The minimum absolute atomic E-state index is 0.0151. The Balaban J connectivity index is 1.05. The van der Waals surface area contributed by atoms with E-state index in [0.29, 0.717) is 18.4 Å². The van der Waals surface area contributed by atoms with Crippen molar-refractivity contribution in [3.05, 3.63) is 83.4 Å². The number of piperidine rings is 2. The molecular weight excluding hydrogens is 504 g/mol. The predicted octanol–water partition coefficient (Wildman–Crippen LogP) is 6.77. The Morgan fingerprint density at radius 2 is 1.49 bits per heavy atom. The third-order valence-corrected chi connectivity index (χ3v) is 8.58. The molecule has 7 rings (SSSR count). The number of rotatable bonds is 4. The summed E-state index contributed by atoms with van der Waals surface area (Å²) in [5.41, 5.74) is 5.00. The molecule has 0 radical (unpaired) electrons. The molecular formula is C31H27F2NO5. The van der Waals surface area contributed by atoms with Crippen LogP contribution in [0.15, 0.2) is 66.7 Å². The van der Waals surface area contributed by atoms with Crippen molar-refractivity contribution < 1.29 is 32.6 Å². The number of Topliss-reactive ketones (excluding diaryl/α,β-unsaturated/α-hetero) is 1. The molecule has 2 atom stereocenters. The molecule has 2 bridgehead atoms. The van der Waals surface area contributed by atoms with Gasteiger partial charge in [-0.1, -0.05) is 48.5 Å². The lowest BCUT2D eigenvalue weighted by atomic mass is 9.76. The van der Waals surface area contributed by atoms with Crippen LogP contribution in [0, 0.1) is 5.92 Å². The van der Waals surface area contributed by atoms with Gasteiger partial charge in [0.15, 0.2) is 17.3 Å². The zero-order valence-corrected chi connectivity index (χ0v) is 21.1. The molecule has 3 heterocycles. The van der Waals surface area contributed by atoms with Crippen LogP contribution < -0.4 is 9.47 Å². The van der Waals surface area contributed by atoms with Crippen LogP contribution in [0.1, 0.15) is 59.5 Å². The molecule has 1 aliphatic carbocycles. The monoisotopic (exact) mass is 531 g/mol. The maximum absolute atomic E-state index is 13.4. The average Bonchev–Trinajstić information content (AvgIpc) is 3.42. The third-order valence-electron chi connectivity index (χ3n) is 8.58. The summed E-state index contributed by atoms with van der Waals surface area (Å²) in [5.74, 6) is -0.668. The van der Waals surface area contributed by atoms with Gasteiger partial charge in [0, 0.05) is 29.5 Å². The van der Waals surface area contributed by atoms with Gasteiger partial charge in [0.1, 0.15) is 6.61 Å². The average molecular weight is 532 g/mol. The largest absolute Gasteiger partial charge is 0.586 e. The van der Waals surface area contributed by atoms with E-state index in [2.05, 4.69) is 33.7 Å². The number of ketones is 1. The van der Waals surface area contributed by atoms with Crippen LogP contribution in [0.2, 0.25) is 0 Å². The molecule has 200 valence electrons. The van der Waals surface area contributed by atoms with E-state index < -0.39 is 6.29 Å². The zero-order chi connectivity index (χ0) is 26.7. The molecule has 1 amide bonds. The Bertz CT molecular complexity index is 1410. The summed E-state index contributed by atoms with van der Waals surface area (Å²) in [6, 6.07) is 20.4. The van der Waals surface area contributed by atoms with Crippen molar-refractivity contribution in [2.75, 3.05) is 6.61 Å². The quantitative estimate of drug-likeness (QED) is 0.348. The van der Waals surface area contributed by atoms with Crippen LogP contribution in [0.3, 0.4) is 0 Å². The van der Waals surface area contributed by atoms with Crippen LogP contribution >= 0.6 is 0 Å². The topological polar surface area (TPSA) is 65.1 Å². The summed E-state index contributed by atoms with van der Waals surface area (Å²) in [6.07, 6.45) is -0.426. The van der Waals surface area contributed by atoms with Crippen molar-refractivity contribution in [1.29, 1.82) is 0 Å². The van der Waals surface area contributed by atoms with Crippen LogP contribution in [-0.2, 0) is 4.74 Å². The zero-order valence-electron chi connectivity index (χ0n) is 21.1. The van der Waals surface area contributed by atoms with Crippen molar-refractivity contribution in [1.82, 2.24) is 4.90 Å². The van der Waals surface area contributed by atoms with E-state index in [0.717, 1.165) is 30.4 Å². The number of ether oxygens (including phenoxy) is 3. The smallest absolute Gasteiger partial charge is 0.448 e. The van der Waals surface area contributed by atoms with Gasteiger partial charge in [-0.25, -0.2) is 4.79 Å². The van der Waals surface area contributed by atoms with Gasteiger partial charge in [-0.05, 0) is 72.6 Å². The molecule has 0 N–H and O–H groups in total. The molecule has 4 aliphatic rings. The summed E-state index contributed by atoms with van der Waals surface area (Å²) in [6.45, 7) is 0.257. The standard InChI is InChI=1S/C31H27F2NO5/c32-31(33)38-27-13-12-18(16-28(27)39-31)29(35)19-14-20-6-5-7-21(15-19)34(20)30(36)37-17-26-24-10-3-1-8-22(24)23-9-2-4-11-25(23)26/h1-4,8-13,16,19-21,26H,5-7,14-15,17H2. The summed E-state index contributed by atoms with van der Waals surface area (Å²) in [5, 5.41) is 0. The molecule has 2 unspecified atom stereocenters. The van der Waals surface area contributed by atoms with Gasteiger partial charge in [-0.3, -0.25) is 4.79 Å². The minimum atomic E-state index is -3.73. The molecule has 8 heteroatoms. The Morgan fingerprint density at radius 1 is 0.872 bits per heavy atom. The number of carbonyl (C=O) groups is 2.